The normalized spacial score (nSPS) is 31.2. The van der Waals surface area contributed by atoms with Gasteiger partial charge in [-0.3, -0.25) is 4.90 Å². The largest absolute Gasteiger partial charge is 0.316 e. The molecule has 2 unspecified atom stereocenters. The summed E-state index contributed by atoms with van der Waals surface area (Å²) in [5, 5.41) is 3.57. The Balaban J connectivity index is 1.77. The third-order valence-corrected chi connectivity index (χ3v) is 5.02. The van der Waals surface area contributed by atoms with Crippen molar-refractivity contribution in [2.75, 3.05) is 19.6 Å². The lowest BCUT2D eigenvalue weighted by Crippen LogP contribution is -2.47. The zero-order valence-electron chi connectivity index (χ0n) is 11.5. The van der Waals surface area contributed by atoms with Gasteiger partial charge in [0.15, 0.2) is 0 Å². The molecule has 2 fully saturated rings. The van der Waals surface area contributed by atoms with E-state index in [0.29, 0.717) is 5.54 Å². The number of hydrogen-bond acceptors (Lipinski definition) is 2. The standard InChI is InChI=1S/C16H24N2/c1-16(2)15-10-17-9-8-14(15)12-18(16)11-13-6-4-3-5-7-13/h3-7,14-15,17H,8-12H2,1-2H3. The lowest BCUT2D eigenvalue weighted by atomic mass is 9.79. The van der Waals surface area contributed by atoms with E-state index in [-0.39, 0.29) is 0 Å². The summed E-state index contributed by atoms with van der Waals surface area (Å²) in [5.74, 6) is 1.71. The van der Waals surface area contributed by atoms with Crippen molar-refractivity contribution < 1.29 is 0 Å². The Morgan fingerprint density at radius 1 is 1.28 bits per heavy atom. The summed E-state index contributed by atoms with van der Waals surface area (Å²) < 4.78 is 0. The molecular weight excluding hydrogens is 220 g/mol. The Labute approximate surface area is 110 Å². The Morgan fingerprint density at radius 3 is 2.78 bits per heavy atom. The third kappa shape index (κ3) is 2.08. The van der Waals surface area contributed by atoms with Crippen molar-refractivity contribution in [2.24, 2.45) is 11.8 Å². The summed E-state index contributed by atoms with van der Waals surface area (Å²) in [6.45, 7) is 9.62. The molecule has 2 saturated heterocycles. The molecule has 0 saturated carbocycles. The van der Waals surface area contributed by atoms with Gasteiger partial charge in [-0.1, -0.05) is 30.3 Å². The number of hydrogen-bond donors (Lipinski definition) is 1. The SMILES string of the molecule is CC1(C)C2CNCCC2CN1Cc1ccccc1. The fraction of sp³-hybridized carbons (Fsp3) is 0.625. The second-order valence-corrected chi connectivity index (χ2v) is 6.38. The summed E-state index contributed by atoms with van der Waals surface area (Å²) >= 11 is 0. The molecular formula is C16H24N2. The number of benzene rings is 1. The predicted molar refractivity (Wildman–Crippen MR) is 75.4 cm³/mol. The number of rotatable bonds is 2. The van der Waals surface area contributed by atoms with Crippen LogP contribution in [-0.2, 0) is 6.54 Å². The first-order valence-corrected chi connectivity index (χ1v) is 7.17. The first-order chi connectivity index (χ1) is 8.68. The van der Waals surface area contributed by atoms with Gasteiger partial charge in [0, 0.05) is 25.2 Å². The van der Waals surface area contributed by atoms with E-state index in [1.165, 1.54) is 31.6 Å². The molecule has 1 N–H and O–H groups in total. The highest BCUT2D eigenvalue weighted by atomic mass is 15.2. The molecule has 2 heterocycles. The van der Waals surface area contributed by atoms with Crippen LogP contribution in [0.3, 0.4) is 0 Å². The van der Waals surface area contributed by atoms with Crippen molar-refractivity contribution in [2.45, 2.75) is 32.4 Å². The van der Waals surface area contributed by atoms with E-state index in [9.17, 15) is 0 Å². The van der Waals surface area contributed by atoms with Crippen LogP contribution in [0.1, 0.15) is 25.8 Å². The molecule has 2 aliphatic heterocycles. The van der Waals surface area contributed by atoms with E-state index >= 15 is 0 Å². The lowest BCUT2D eigenvalue weighted by molar-refractivity contribution is 0.124. The monoisotopic (exact) mass is 244 g/mol. The molecule has 2 nitrogen and oxygen atoms in total. The molecule has 0 radical (unpaired) electrons. The molecule has 1 aromatic carbocycles. The van der Waals surface area contributed by atoms with Crippen molar-refractivity contribution in [3.8, 4) is 0 Å². The molecule has 0 bridgehead atoms. The molecule has 0 spiro atoms. The number of nitrogens with one attached hydrogen (secondary N) is 1. The molecule has 3 rings (SSSR count). The van der Waals surface area contributed by atoms with Crippen LogP contribution >= 0.6 is 0 Å². The molecule has 0 aromatic heterocycles. The van der Waals surface area contributed by atoms with Crippen LogP contribution in [0, 0.1) is 11.8 Å². The van der Waals surface area contributed by atoms with Crippen LogP contribution in [0.2, 0.25) is 0 Å². The highest BCUT2D eigenvalue weighted by Crippen LogP contribution is 2.41. The van der Waals surface area contributed by atoms with Gasteiger partial charge in [-0.05, 0) is 44.2 Å². The van der Waals surface area contributed by atoms with Crippen LogP contribution < -0.4 is 5.32 Å². The molecule has 1 aromatic rings. The minimum atomic E-state index is 0.327. The van der Waals surface area contributed by atoms with Crippen LogP contribution in [0.5, 0.6) is 0 Å². The van der Waals surface area contributed by atoms with Gasteiger partial charge in [0.2, 0.25) is 0 Å². The van der Waals surface area contributed by atoms with Crippen LogP contribution in [0.4, 0.5) is 0 Å². The Morgan fingerprint density at radius 2 is 2.06 bits per heavy atom. The average molecular weight is 244 g/mol. The smallest absolute Gasteiger partial charge is 0.0239 e. The number of nitrogens with zero attached hydrogens (tertiary/aromatic N) is 1. The Bertz CT molecular complexity index is 399. The maximum absolute atomic E-state index is 3.57. The maximum Gasteiger partial charge on any atom is 0.0239 e. The van der Waals surface area contributed by atoms with E-state index in [2.05, 4.69) is 54.4 Å². The summed E-state index contributed by atoms with van der Waals surface area (Å²) in [6.07, 6.45) is 1.35. The average Bonchev–Trinajstić information content (AvgIpc) is 2.63. The van der Waals surface area contributed by atoms with Crippen molar-refractivity contribution in [1.82, 2.24) is 10.2 Å². The first-order valence-electron chi connectivity index (χ1n) is 7.17. The zero-order chi connectivity index (χ0) is 12.6. The van der Waals surface area contributed by atoms with Crippen LogP contribution in [-0.4, -0.2) is 30.1 Å². The third-order valence-electron chi connectivity index (χ3n) is 5.02. The van der Waals surface area contributed by atoms with Crippen molar-refractivity contribution in [3.63, 3.8) is 0 Å². The quantitative estimate of drug-likeness (QED) is 0.860. The topological polar surface area (TPSA) is 15.3 Å². The highest BCUT2D eigenvalue weighted by molar-refractivity contribution is 5.16. The second kappa shape index (κ2) is 4.67. The summed E-state index contributed by atoms with van der Waals surface area (Å²) in [4.78, 5) is 2.69. The molecule has 2 aliphatic rings. The fourth-order valence-corrected chi connectivity index (χ4v) is 3.78. The zero-order valence-corrected chi connectivity index (χ0v) is 11.5. The summed E-state index contributed by atoms with van der Waals surface area (Å²) in [7, 11) is 0. The molecule has 18 heavy (non-hydrogen) atoms. The number of likely N-dealkylation sites (tertiary alicyclic amines) is 1. The minimum absolute atomic E-state index is 0.327. The lowest BCUT2D eigenvalue weighted by Gasteiger charge is -2.38. The van der Waals surface area contributed by atoms with Gasteiger partial charge >= 0.3 is 0 Å². The van der Waals surface area contributed by atoms with Gasteiger partial charge in [0.1, 0.15) is 0 Å². The van der Waals surface area contributed by atoms with Gasteiger partial charge in [-0.15, -0.1) is 0 Å². The van der Waals surface area contributed by atoms with E-state index in [1.54, 1.807) is 0 Å². The maximum atomic E-state index is 3.57. The predicted octanol–water partition coefficient (Wildman–Crippen LogP) is 2.51. The van der Waals surface area contributed by atoms with Crippen molar-refractivity contribution in [3.05, 3.63) is 35.9 Å². The van der Waals surface area contributed by atoms with Crippen molar-refractivity contribution >= 4 is 0 Å². The van der Waals surface area contributed by atoms with Crippen LogP contribution in [0.25, 0.3) is 0 Å². The van der Waals surface area contributed by atoms with Crippen molar-refractivity contribution in [1.29, 1.82) is 0 Å². The molecule has 2 heteroatoms. The van der Waals surface area contributed by atoms with E-state index in [4.69, 9.17) is 0 Å². The van der Waals surface area contributed by atoms with Crippen LogP contribution in [0.15, 0.2) is 30.3 Å². The summed E-state index contributed by atoms with van der Waals surface area (Å²) in [6, 6.07) is 10.9. The van der Waals surface area contributed by atoms with Gasteiger partial charge in [0.25, 0.3) is 0 Å². The second-order valence-electron chi connectivity index (χ2n) is 6.38. The highest BCUT2D eigenvalue weighted by Gasteiger charge is 2.47. The van der Waals surface area contributed by atoms with Gasteiger partial charge in [-0.2, -0.15) is 0 Å². The molecule has 0 amide bonds. The molecule has 98 valence electrons. The van der Waals surface area contributed by atoms with E-state index < -0.39 is 0 Å². The minimum Gasteiger partial charge on any atom is -0.316 e. The molecule has 2 atom stereocenters. The van der Waals surface area contributed by atoms with Gasteiger partial charge in [0.05, 0.1) is 0 Å². The fourth-order valence-electron chi connectivity index (χ4n) is 3.78. The number of fused-ring (bicyclic) bond motifs is 1. The Kier molecular flexibility index (Phi) is 3.16. The van der Waals surface area contributed by atoms with E-state index in [0.717, 1.165) is 18.4 Å². The number of piperidine rings is 1. The Hall–Kier alpha value is -0.860. The first kappa shape index (κ1) is 12.2. The molecule has 0 aliphatic carbocycles. The van der Waals surface area contributed by atoms with Gasteiger partial charge < -0.3 is 5.32 Å². The van der Waals surface area contributed by atoms with Gasteiger partial charge in [-0.25, -0.2) is 0 Å². The van der Waals surface area contributed by atoms with E-state index in [1.807, 2.05) is 0 Å². The summed E-state index contributed by atoms with van der Waals surface area (Å²) in [5.41, 5.74) is 1.77.